The van der Waals surface area contributed by atoms with Gasteiger partial charge in [-0.2, -0.15) is 21.0 Å². The van der Waals surface area contributed by atoms with Crippen LogP contribution in [0, 0.1) is 45.3 Å². The molecule has 2 aromatic carbocycles. The normalized spacial score (nSPS) is 9.38. The van der Waals surface area contributed by atoms with Crippen LogP contribution >= 0.6 is 0 Å². The summed E-state index contributed by atoms with van der Waals surface area (Å²) in [6.45, 7) is 0. The van der Waals surface area contributed by atoms with Crippen molar-refractivity contribution >= 4 is 0 Å². The average Bonchev–Trinajstić information content (AvgIpc) is 2.72. The molecule has 26 heavy (non-hydrogen) atoms. The van der Waals surface area contributed by atoms with E-state index in [0.717, 1.165) is 0 Å². The summed E-state index contributed by atoms with van der Waals surface area (Å²) >= 11 is 0. The van der Waals surface area contributed by atoms with Crippen LogP contribution in [0.5, 0.6) is 0 Å². The molecule has 1 heterocycles. The van der Waals surface area contributed by atoms with Crippen LogP contribution in [0.1, 0.15) is 22.3 Å². The molecule has 0 bridgehead atoms. The summed E-state index contributed by atoms with van der Waals surface area (Å²) in [6, 6.07) is 16.6. The summed E-state index contributed by atoms with van der Waals surface area (Å²) in [6.07, 6.45) is 2.43. The van der Waals surface area contributed by atoms with Gasteiger partial charge in [0.15, 0.2) is 5.82 Å². The van der Waals surface area contributed by atoms with E-state index in [9.17, 15) is 21.0 Å². The minimum absolute atomic E-state index is 0.00432. The second kappa shape index (κ2) is 6.89. The smallest absolute Gasteiger partial charge is 0.165 e. The lowest BCUT2D eigenvalue weighted by molar-refractivity contribution is 1.05. The van der Waals surface area contributed by atoms with Gasteiger partial charge >= 0.3 is 0 Å². The zero-order valence-electron chi connectivity index (χ0n) is 13.2. The molecular weight excluding hydrogens is 326 g/mol. The molecule has 0 amide bonds. The Balaban J connectivity index is 2.57. The summed E-state index contributed by atoms with van der Waals surface area (Å²) in [7, 11) is 0. The van der Waals surface area contributed by atoms with Crippen LogP contribution in [0.2, 0.25) is 0 Å². The van der Waals surface area contributed by atoms with E-state index in [4.69, 9.17) is 0 Å². The van der Waals surface area contributed by atoms with Gasteiger partial charge in [0, 0.05) is 5.56 Å². The second-order valence-corrected chi connectivity index (χ2v) is 5.03. The molecule has 0 saturated carbocycles. The summed E-state index contributed by atoms with van der Waals surface area (Å²) < 4.78 is 0. The lowest BCUT2D eigenvalue weighted by Crippen LogP contribution is -2.04. The molecule has 0 aliphatic carbocycles. The highest BCUT2D eigenvalue weighted by Crippen LogP contribution is 2.38. The van der Waals surface area contributed by atoms with Gasteiger partial charge in [0.25, 0.3) is 0 Å². The first-order chi connectivity index (χ1) is 12.8. The molecule has 0 spiro atoms. The van der Waals surface area contributed by atoms with Crippen LogP contribution in [-0.2, 0) is 0 Å². The van der Waals surface area contributed by atoms with E-state index >= 15 is 0 Å². The van der Waals surface area contributed by atoms with E-state index in [-0.39, 0.29) is 39.2 Å². The SMILES string of the molecule is N#Cc1c(C#N)c(-c2ncncn2)c(C#N)c(C#N)c1-c1ccccc1. The van der Waals surface area contributed by atoms with E-state index < -0.39 is 0 Å². The van der Waals surface area contributed by atoms with Crippen molar-refractivity contribution in [2.24, 2.45) is 0 Å². The fourth-order valence-corrected chi connectivity index (χ4v) is 2.68. The number of hydrogen-bond acceptors (Lipinski definition) is 7. The topological polar surface area (TPSA) is 134 Å². The maximum atomic E-state index is 9.70. The third kappa shape index (κ3) is 2.49. The second-order valence-electron chi connectivity index (χ2n) is 5.03. The molecule has 0 fully saturated rings. The number of rotatable bonds is 2. The monoisotopic (exact) mass is 333 g/mol. The molecule has 0 aliphatic rings. The molecular formula is C19H7N7. The molecule has 118 valence electrons. The molecule has 7 heteroatoms. The minimum atomic E-state index is -0.0481. The van der Waals surface area contributed by atoms with E-state index in [0.29, 0.717) is 5.56 Å². The van der Waals surface area contributed by atoms with Gasteiger partial charge in [-0.1, -0.05) is 30.3 Å². The first kappa shape index (κ1) is 16.3. The van der Waals surface area contributed by atoms with Crippen LogP contribution in [-0.4, -0.2) is 15.0 Å². The molecule has 0 aliphatic heterocycles. The standard InChI is InChI=1S/C19H7N7/c20-6-13-15(8-22)18(19-25-10-24-11-26-19)16(9-23)14(7-21)17(13)12-4-2-1-3-5-12/h1-5,10-11H. The van der Waals surface area contributed by atoms with Gasteiger partial charge < -0.3 is 0 Å². The summed E-state index contributed by atoms with van der Waals surface area (Å²) in [5.74, 6) is 0.0562. The first-order valence-corrected chi connectivity index (χ1v) is 7.29. The maximum Gasteiger partial charge on any atom is 0.165 e. The number of aromatic nitrogens is 3. The highest BCUT2D eigenvalue weighted by molar-refractivity contribution is 5.89. The van der Waals surface area contributed by atoms with Gasteiger partial charge in [0.1, 0.15) is 36.9 Å². The van der Waals surface area contributed by atoms with Gasteiger partial charge in [-0.25, -0.2) is 15.0 Å². The Morgan fingerprint density at radius 2 is 1.08 bits per heavy atom. The highest BCUT2D eigenvalue weighted by Gasteiger charge is 2.27. The van der Waals surface area contributed by atoms with Crippen molar-refractivity contribution in [1.29, 1.82) is 21.0 Å². The highest BCUT2D eigenvalue weighted by atomic mass is 15.0. The van der Waals surface area contributed by atoms with Crippen molar-refractivity contribution in [2.75, 3.05) is 0 Å². The zero-order chi connectivity index (χ0) is 18.5. The molecule has 3 aromatic rings. The Hall–Kier alpha value is -4.59. The molecule has 0 N–H and O–H groups in total. The maximum absolute atomic E-state index is 9.70. The molecule has 0 radical (unpaired) electrons. The van der Waals surface area contributed by atoms with Crippen LogP contribution < -0.4 is 0 Å². The fourth-order valence-electron chi connectivity index (χ4n) is 2.68. The predicted octanol–water partition coefficient (Wildman–Crippen LogP) is 2.69. The molecule has 1 aromatic heterocycles. The first-order valence-electron chi connectivity index (χ1n) is 7.29. The number of benzene rings is 2. The Morgan fingerprint density at radius 1 is 0.615 bits per heavy atom. The van der Waals surface area contributed by atoms with Crippen molar-refractivity contribution in [1.82, 2.24) is 15.0 Å². The van der Waals surface area contributed by atoms with E-state index in [1.807, 2.05) is 24.3 Å². The summed E-state index contributed by atoms with van der Waals surface area (Å²) in [5.41, 5.74) is 0.790. The molecule has 0 unspecified atom stereocenters. The third-order valence-electron chi connectivity index (χ3n) is 3.73. The number of hydrogen-bond donors (Lipinski definition) is 0. The van der Waals surface area contributed by atoms with Crippen LogP contribution in [0.25, 0.3) is 22.5 Å². The van der Waals surface area contributed by atoms with Crippen molar-refractivity contribution in [3.63, 3.8) is 0 Å². The zero-order valence-corrected chi connectivity index (χ0v) is 13.2. The Labute approximate surface area is 148 Å². The lowest BCUT2D eigenvalue weighted by atomic mass is 9.84. The fraction of sp³-hybridized carbons (Fsp3) is 0. The molecule has 0 saturated heterocycles. The minimum Gasteiger partial charge on any atom is -0.225 e. The van der Waals surface area contributed by atoms with Crippen molar-refractivity contribution in [3.8, 4) is 46.8 Å². The van der Waals surface area contributed by atoms with Gasteiger partial charge in [-0.05, 0) is 5.56 Å². The van der Waals surface area contributed by atoms with Crippen molar-refractivity contribution in [3.05, 3.63) is 65.2 Å². The van der Waals surface area contributed by atoms with Gasteiger partial charge in [-0.3, -0.25) is 0 Å². The lowest BCUT2D eigenvalue weighted by Gasteiger charge is -2.14. The van der Waals surface area contributed by atoms with Crippen LogP contribution in [0.4, 0.5) is 0 Å². The van der Waals surface area contributed by atoms with Gasteiger partial charge in [0.2, 0.25) is 0 Å². The van der Waals surface area contributed by atoms with E-state index in [2.05, 4.69) is 15.0 Å². The Bertz CT molecular complexity index is 1010. The van der Waals surface area contributed by atoms with Crippen LogP contribution in [0.15, 0.2) is 43.0 Å². The van der Waals surface area contributed by atoms with E-state index in [1.165, 1.54) is 12.7 Å². The van der Waals surface area contributed by atoms with Gasteiger partial charge in [-0.15, -0.1) is 0 Å². The summed E-state index contributed by atoms with van der Waals surface area (Å²) in [4.78, 5) is 11.7. The quantitative estimate of drug-likeness (QED) is 0.703. The summed E-state index contributed by atoms with van der Waals surface area (Å²) in [5, 5.41) is 38.8. The molecule has 0 atom stereocenters. The molecule has 3 rings (SSSR count). The molecule has 7 nitrogen and oxygen atoms in total. The van der Waals surface area contributed by atoms with Gasteiger partial charge in [0.05, 0.1) is 27.8 Å². The van der Waals surface area contributed by atoms with Crippen molar-refractivity contribution < 1.29 is 0 Å². The van der Waals surface area contributed by atoms with Crippen molar-refractivity contribution in [2.45, 2.75) is 0 Å². The number of nitrogens with zero attached hydrogens (tertiary/aromatic N) is 7. The van der Waals surface area contributed by atoms with E-state index in [1.54, 1.807) is 30.3 Å². The predicted molar refractivity (Wildman–Crippen MR) is 89.6 cm³/mol. The average molecular weight is 333 g/mol. The largest absolute Gasteiger partial charge is 0.225 e. The van der Waals surface area contributed by atoms with Crippen LogP contribution in [0.3, 0.4) is 0 Å². The number of nitriles is 4. The Morgan fingerprint density at radius 3 is 1.54 bits per heavy atom. The third-order valence-corrected chi connectivity index (χ3v) is 3.73. The Kier molecular flexibility index (Phi) is 4.31.